The third-order valence-corrected chi connectivity index (χ3v) is 6.87. The fourth-order valence-electron chi connectivity index (χ4n) is 2.55. The number of aromatic nitrogens is 1. The van der Waals surface area contributed by atoms with Crippen molar-refractivity contribution in [3.05, 3.63) is 59.9 Å². The second-order valence-electron chi connectivity index (χ2n) is 5.51. The molecule has 1 aromatic carbocycles. The van der Waals surface area contributed by atoms with Crippen molar-refractivity contribution in [1.82, 2.24) is 15.6 Å². The molecule has 0 bridgehead atoms. The Morgan fingerprint density at radius 3 is 2.64 bits per heavy atom. The summed E-state index contributed by atoms with van der Waals surface area (Å²) in [5, 5.41) is 5.31. The zero-order valence-corrected chi connectivity index (χ0v) is 14.8. The van der Waals surface area contributed by atoms with Gasteiger partial charge in [0.25, 0.3) is 0 Å². The van der Waals surface area contributed by atoms with E-state index in [0.717, 1.165) is 10.5 Å². The molecule has 1 aliphatic heterocycles. The van der Waals surface area contributed by atoms with E-state index < -0.39 is 37.1 Å². The van der Waals surface area contributed by atoms with Crippen molar-refractivity contribution in [1.29, 1.82) is 0 Å². The van der Waals surface area contributed by atoms with Crippen LogP contribution in [0, 0.1) is 11.9 Å². The number of amides is 2. The SMILES string of the molecule is O=C1NCCC1([Se]c1ccccc1)C(=O)NCc1ccc(F)nc1F. The van der Waals surface area contributed by atoms with Gasteiger partial charge in [-0.05, 0) is 0 Å². The van der Waals surface area contributed by atoms with E-state index in [-0.39, 0.29) is 18.0 Å². The molecule has 1 aromatic heterocycles. The van der Waals surface area contributed by atoms with Crippen molar-refractivity contribution in [2.24, 2.45) is 0 Å². The van der Waals surface area contributed by atoms with Gasteiger partial charge in [0, 0.05) is 0 Å². The van der Waals surface area contributed by atoms with Crippen molar-refractivity contribution in [3.8, 4) is 0 Å². The molecule has 2 heterocycles. The first-order valence-corrected chi connectivity index (χ1v) is 9.34. The molecule has 2 aromatic rings. The van der Waals surface area contributed by atoms with E-state index in [0.29, 0.717) is 13.0 Å². The number of rotatable bonds is 5. The van der Waals surface area contributed by atoms with Crippen LogP contribution in [0.3, 0.4) is 0 Å². The molecule has 3 rings (SSSR count). The predicted molar refractivity (Wildman–Crippen MR) is 88.1 cm³/mol. The summed E-state index contributed by atoms with van der Waals surface area (Å²) >= 11 is -0.418. The molecule has 0 saturated carbocycles. The number of nitrogens with zero attached hydrogens (tertiary/aromatic N) is 1. The van der Waals surface area contributed by atoms with Gasteiger partial charge >= 0.3 is 149 Å². The van der Waals surface area contributed by atoms with Gasteiger partial charge in [-0.15, -0.1) is 0 Å². The van der Waals surface area contributed by atoms with Crippen LogP contribution in [0.5, 0.6) is 0 Å². The molecule has 1 fully saturated rings. The second-order valence-corrected chi connectivity index (χ2v) is 8.39. The van der Waals surface area contributed by atoms with Gasteiger partial charge in [0.05, 0.1) is 0 Å². The molecule has 130 valence electrons. The molecule has 2 N–H and O–H groups in total. The van der Waals surface area contributed by atoms with E-state index in [1.165, 1.54) is 6.07 Å². The van der Waals surface area contributed by atoms with E-state index in [2.05, 4.69) is 15.6 Å². The van der Waals surface area contributed by atoms with E-state index in [4.69, 9.17) is 0 Å². The van der Waals surface area contributed by atoms with Crippen molar-refractivity contribution in [2.45, 2.75) is 17.3 Å². The number of hydrogen-bond donors (Lipinski definition) is 2. The molecule has 25 heavy (non-hydrogen) atoms. The van der Waals surface area contributed by atoms with Gasteiger partial charge in [0.2, 0.25) is 0 Å². The summed E-state index contributed by atoms with van der Waals surface area (Å²) in [7, 11) is 0. The quantitative estimate of drug-likeness (QED) is 0.433. The fraction of sp³-hybridized carbons (Fsp3) is 0.235. The third kappa shape index (κ3) is 3.70. The summed E-state index contributed by atoms with van der Waals surface area (Å²) in [5.41, 5.74) is 0.0653. The Bertz CT molecular complexity index is 804. The molecular weight excluding hydrogens is 395 g/mol. The van der Waals surface area contributed by atoms with Gasteiger partial charge in [0.1, 0.15) is 0 Å². The van der Waals surface area contributed by atoms with Crippen LogP contribution in [0.1, 0.15) is 12.0 Å². The van der Waals surface area contributed by atoms with Crippen LogP contribution in [-0.2, 0) is 16.1 Å². The zero-order chi connectivity index (χ0) is 17.9. The van der Waals surface area contributed by atoms with Crippen molar-refractivity contribution >= 4 is 31.2 Å². The van der Waals surface area contributed by atoms with Crippen LogP contribution >= 0.6 is 0 Å². The summed E-state index contributed by atoms with van der Waals surface area (Å²) in [6, 6.07) is 11.6. The molecule has 1 unspecified atom stereocenters. The normalized spacial score (nSPS) is 19.5. The first-order valence-electron chi connectivity index (χ1n) is 7.63. The Morgan fingerprint density at radius 1 is 1.24 bits per heavy atom. The van der Waals surface area contributed by atoms with Crippen LogP contribution in [0.4, 0.5) is 8.78 Å². The third-order valence-electron chi connectivity index (χ3n) is 3.86. The van der Waals surface area contributed by atoms with E-state index in [9.17, 15) is 18.4 Å². The number of carbonyl (C=O) groups is 2. The number of nitrogens with one attached hydrogen (secondary N) is 2. The Kier molecular flexibility index (Phi) is 5.11. The molecule has 1 saturated heterocycles. The Balaban J connectivity index is 1.77. The number of hydrogen-bond acceptors (Lipinski definition) is 3. The maximum absolute atomic E-state index is 13.6. The Labute approximate surface area is 149 Å². The van der Waals surface area contributed by atoms with Crippen molar-refractivity contribution < 1.29 is 18.4 Å². The topological polar surface area (TPSA) is 71.1 Å². The summed E-state index contributed by atoms with van der Waals surface area (Å²) in [6.07, 6.45) is 0.386. The number of carbonyl (C=O) groups excluding carboxylic acids is 2. The first-order chi connectivity index (χ1) is 12.0. The standard InChI is InChI=1S/C17H15F2N3O2Se/c18-13-7-6-11(14(19)22-13)10-21-16(24)17(8-9-20-15(17)23)25-12-4-2-1-3-5-12/h1-7H,8-10H2,(H,20,23)(H,21,24). The molecule has 0 radical (unpaired) electrons. The minimum absolute atomic E-state index is 0.0653. The Hall–Kier alpha value is -2.31. The average Bonchev–Trinajstić information content (AvgIpc) is 2.96. The maximum atomic E-state index is 13.6. The van der Waals surface area contributed by atoms with Gasteiger partial charge in [-0.3, -0.25) is 0 Å². The van der Waals surface area contributed by atoms with Gasteiger partial charge in [-0.1, -0.05) is 0 Å². The Morgan fingerprint density at radius 2 is 2.00 bits per heavy atom. The molecule has 2 amide bonds. The minimum atomic E-state index is -1.17. The zero-order valence-electron chi connectivity index (χ0n) is 13.1. The average molecular weight is 410 g/mol. The molecule has 0 spiro atoms. The van der Waals surface area contributed by atoms with Gasteiger partial charge < -0.3 is 0 Å². The van der Waals surface area contributed by atoms with E-state index in [1.54, 1.807) is 0 Å². The van der Waals surface area contributed by atoms with Gasteiger partial charge in [-0.25, -0.2) is 0 Å². The molecular formula is C17H15F2N3O2Se. The van der Waals surface area contributed by atoms with Gasteiger partial charge in [0.15, 0.2) is 0 Å². The number of halogens is 2. The number of benzene rings is 1. The van der Waals surface area contributed by atoms with Gasteiger partial charge in [-0.2, -0.15) is 0 Å². The van der Waals surface area contributed by atoms with Crippen LogP contribution in [0.15, 0.2) is 42.5 Å². The van der Waals surface area contributed by atoms with Crippen LogP contribution in [-0.4, -0.2) is 38.3 Å². The predicted octanol–water partition coefficient (Wildman–Crippen LogP) is 0.684. The first kappa shape index (κ1) is 17.5. The van der Waals surface area contributed by atoms with Crippen LogP contribution in [0.25, 0.3) is 0 Å². The van der Waals surface area contributed by atoms with Crippen LogP contribution in [0.2, 0.25) is 4.31 Å². The summed E-state index contributed by atoms with van der Waals surface area (Å²) in [4.78, 5) is 28.2. The van der Waals surface area contributed by atoms with Crippen LogP contribution < -0.4 is 15.1 Å². The summed E-state index contributed by atoms with van der Waals surface area (Å²) in [6.45, 7) is 0.269. The second kappa shape index (κ2) is 7.29. The van der Waals surface area contributed by atoms with Crippen molar-refractivity contribution in [3.63, 3.8) is 0 Å². The van der Waals surface area contributed by atoms with E-state index >= 15 is 0 Å². The molecule has 1 atom stereocenters. The fourth-order valence-corrected chi connectivity index (χ4v) is 5.13. The monoisotopic (exact) mass is 411 g/mol. The van der Waals surface area contributed by atoms with Crippen molar-refractivity contribution in [2.75, 3.05) is 6.54 Å². The van der Waals surface area contributed by atoms with E-state index in [1.807, 2.05) is 30.3 Å². The summed E-state index contributed by atoms with van der Waals surface area (Å²) in [5.74, 6) is -2.66. The summed E-state index contributed by atoms with van der Waals surface area (Å²) < 4.78 is 26.2. The molecule has 8 heteroatoms. The molecule has 0 aliphatic carbocycles. The molecule has 5 nitrogen and oxygen atoms in total. The number of pyridine rings is 1. The molecule has 1 aliphatic rings.